The van der Waals surface area contributed by atoms with Crippen LogP contribution in [0.1, 0.15) is 19.3 Å². The minimum atomic E-state index is -0.612. The highest BCUT2D eigenvalue weighted by Crippen LogP contribution is 2.05. The van der Waals surface area contributed by atoms with Crippen molar-refractivity contribution in [2.24, 2.45) is 4.99 Å². The molecule has 1 aliphatic rings. The standard InChI is InChI=1S/C12H15ClN4O3/c13-10-7-8(4-6-17(10)20)15-12(19)16-9-3-1-2-5-14-11(9)18/h4,6-7,9,20H,1-3,5H2,(H,14,18)(H,16,19)/b15-8-/t9-/m1/s1. The summed E-state index contributed by atoms with van der Waals surface area (Å²) in [5.41, 5.74) is 0. The Balaban J connectivity index is 2.07. The highest BCUT2D eigenvalue weighted by atomic mass is 35.5. The molecule has 8 heteroatoms. The van der Waals surface area contributed by atoms with Crippen LogP contribution in [-0.2, 0) is 4.79 Å². The predicted octanol–water partition coefficient (Wildman–Crippen LogP) is 0.658. The molecule has 1 fully saturated rings. The minimum absolute atomic E-state index is 0.0336. The van der Waals surface area contributed by atoms with Crippen LogP contribution in [0.5, 0.6) is 0 Å². The third-order valence-corrected chi connectivity index (χ3v) is 3.22. The monoisotopic (exact) mass is 298 g/mol. The second-order valence-corrected chi connectivity index (χ2v) is 4.84. The lowest BCUT2D eigenvalue weighted by Gasteiger charge is -2.12. The molecule has 1 aliphatic heterocycles. The van der Waals surface area contributed by atoms with E-state index >= 15 is 0 Å². The molecule has 0 aliphatic carbocycles. The van der Waals surface area contributed by atoms with Gasteiger partial charge in [0.25, 0.3) is 0 Å². The molecular weight excluding hydrogens is 284 g/mol. The quantitative estimate of drug-likeness (QED) is 0.525. The molecule has 7 nitrogen and oxygen atoms in total. The van der Waals surface area contributed by atoms with Crippen LogP contribution >= 0.6 is 11.6 Å². The molecule has 0 saturated carbocycles. The zero-order valence-electron chi connectivity index (χ0n) is 10.7. The Morgan fingerprint density at radius 1 is 1.55 bits per heavy atom. The topological polar surface area (TPSA) is 95.7 Å². The van der Waals surface area contributed by atoms with Gasteiger partial charge in [0, 0.05) is 18.8 Å². The van der Waals surface area contributed by atoms with Crippen LogP contribution in [0.25, 0.3) is 0 Å². The van der Waals surface area contributed by atoms with E-state index in [9.17, 15) is 14.8 Å². The molecule has 108 valence electrons. The number of carbonyl (C=O) groups excluding carboxylic acids is 2. The van der Waals surface area contributed by atoms with E-state index in [4.69, 9.17) is 11.6 Å². The maximum atomic E-state index is 11.8. The number of halogens is 1. The summed E-state index contributed by atoms with van der Waals surface area (Å²) in [4.78, 5) is 27.2. The average molecular weight is 299 g/mol. The lowest BCUT2D eigenvalue weighted by molar-refractivity contribution is -0.122. The van der Waals surface area contributed by atoms with Gasteiger partial charge in [0.15, 0.2) is 0 Å². The number of carbonyl (C=O) groups is 2. The zero-order chi connectivity index (χ0) is 14.5. The van der Waals surface area contributed by atoms with E-state index in [1.54, 1.807) is 0 Å². The molecule has 0 aromatic carbocycles. The lowest BCUT2D eigenvalue weighted by atomic mass is 10.1. The number of nitrogens with zero attached hydrogens (tertiary/aromatic N) is 2. The molecule has 1 aromatic rings. The van der Waals surface area contributed by atoms with Gasteiger partial charge in [0.2, 0.25) is 5.91 Å². The normalized spacial score (nSPS) is 20.1. The van der Waals surface area contributed by atoms with Crippen LogP contribution in [0.2, 0.25) is 5.15 Å². The maximum absolute atomic E-state index is 11.8. The van der Waals surface area contributed by atoms with Crippen LogP contribution in [0.15, 0.2) is 23.3 Å². The molecule has 2 rings (SSSR count). The molecule has 0 spiro atoms. The van der Waals surface area contributed by atoms with Crippen molar-refractivity contribution in [3.05, 3.63) is 28.8 Å². The summed E-state index contributed by atoms with van der Waals surface area (Å²) in [6.45, 7) is 0.632. The van der Waals surface area contributed by atoms with Gasteiger partial charge >= 0.3 is 6.03 Å². The molecule has 0 bridgehead atoms. The Morgan fingerprint density at radius 2 is 2.35 bits per heavy atom. The van der Waals surface area contributed by atoms with Crippen molar-refractivity contribution < 1.29 is 14.8 Å². The van der Waals surface area contributed by atoms with Gasteiger partial charge < -0.3 is 15.8 Å². The zero-order valence-corrected chi connectivity index (χ0v) is 11.4. The van der Waals surface area contributed by atoms with Gasteiger partial charge in [-0.15, -0.1) is 0 Å². The van der Waals surface area contributed by atoms with Crippen LogP contribution in [0, 0.1) is 0 Å². The molecule has 0 unspecified atom stereocenters. The summed E-state index contributed by atoms with van der Waals surface area (Å²) in [7, 11) is 0. The Kier molecular flexibility index (Phi) is 4.62. The Morgan fingerprint density at radius 3 is 3.10 bits per heavy atom. The largest absolute Gasteiger partial charge is 0.428 e. The van der Waals surface area contributed by atoms with Gasteiger partial charge in [-0.2, -0.15) is 9.72 Å². The number of hydrogen-bond acceptors (Lipinski definition) is 3. The second kappa shape index (κ2) is 6.42. The first-order chi connectivity index (χ1) is 9.56. The number of amides is 3. The smallest absolute Gasteiger partial charge is 0.342 e. The van der Waals surface area contributed by atoms with Gasteiger partial charge in [-0.1, -0.05) is 11.6 Å². The first-order valence-corrected chi connectivity index (χ1v) is 6.64. The van der Waals surface area contributed by atoms with Crippen LogP contribution in [0.4, 0.5) is 4.79 Å². The van der Waals surface area contributed by atoms with E-state index in [0.29, 0.717) is 23.1 Å². The first kappa shape index (κ1) is 14.4. The fourth-order valence-electron chi connectivity index (χ4n) is 1.90. The molecule has 1 aromatic heterocycles. The lowest BCUT2D eigenvalue weighted by Crippen LogP contribution is -2.44. The highest BCUT2D eigenvalue weighted by molar-refractivity contribution is 6.29. The Hall–Kier alpha value is -2.02. The number of aromatic nitrogens is 1. The van der Waals surface area contributed by atoms with E-state index in [0.717, 1.165) is 12.8 Å². The van der Waals surface area contributed by atoms with Crippen molar-refractivity contribution in [1.29, 1.82) is 0 Å². The molecule has 20 heavy (non-hydrogen) atoms. The van der Waals surface area contributed by atoms with E-state index in [-0.39, 0.29) is 11.1 Å². The summed E-state index contributed by atoms with van der Waals surface area (Å²) >= 11 is 5.69. The third-order valence-electron chi connectivity index (χ3n) is 2.94. The number of urea groups is 1. The molecule has 3 amide bonds. The van der Waals surface area contributed by atoms with Crippen molar-refractivity contribution in [2.45, 2.75) is 25.3 Å². The molecule has 1 saturated heterocycles. The number of hydrogen-bond donors (Lipinski definition) is 3. The van der Waals surface area contributed by atoms with Gasteiger partial charge in [-0.05, 0) is 25.3 Å². The van der Waals surface area contributed by atoms with E-state index in [1.165, 1.54) is 18.3 Å². The summed E-state index contributed by atoms with van der Waals surface area (Å²) in [5.74, 6) is -0.189. The number of rotatable bonds is 1. The van der Waals surface area contributed by atoms with Crippen molar-refractivity contribution in [1.82, 2.24) is 15.4 Å². The van der Waals surface area contributed by atoms with Gasteiger partial charge in [-0.3, -0.25) is 4.79 Å². The van der Waals surface area contributed by atoms with Crippen LogP contribution < -0.4 is 16.0 Å². The number of pyridine rings is 1. The molecule has 3 N–H and O–H groups in total. The predicted molar refractivity (Wildman–Crippen MR) is 71.4 cm³/mol. The van der Waals surface area contributed by atoms with Gasteiger partial charge in [-0.25, -0.2) is 4.79 Å². The molecule has 0 radical (unpaired) electrons. The summed E-state index contributed by atoms with van der Waals surface area (Å²) < 4.78 is 0.706. The second-order valence-electron chi connectivity index (χ2n) is 4.45. The summed E-state index contributed by atoms with van der Waals surface area (Å²) in [5, 5.41) is 14.8. The van der Waals surface area contributed by atoms with E-state index in [1.807, 2.05) is 0 Å². The van der Waals surface area contributed by atoms with Crippen molar-refractivity contribution in [3.8, 4) is 0 Å². The Labute approximate surface area is 120 Å². The van der Waals surface area contributed by atoms with E-state index < -0.39 is 12.1 Å². The van der Waals surface area contributed by atoms with Crippen molar-refractivity contribution in [2.75, 3.05) is 6.54 Å². The average Bonchev–Trinajstić information content (AvgIpc) is 2.59. The molecular formula is C12H15ClN4O3. The first-order valence-electron chi connectivity index (χ1n) is 6.26. The van der Waals surface area contributed by atoms with Crippen LogP contribution in [-0.4, -0.2) is 34.5 Å². The van der Waals surface area contributed by atoms with Crippen molar-refractivity contribution in [3.63, 3.8) is 0 Å². The van der Waals surface area contributed by atoms with Crippen LogP contribution in [0.3, 0.4) is 0 Å². The van der Waals surface area contributed by atoms with Gasteiger partial charge in [0.05, 0.1) is 5.36 Å². The molecule has 1 atom stereocenters. The summed E-state index contributed by atoms with van der Waals surface area (Å²) in [6.07, 6.45) is 3.64. The summed E-state index contributed by atoms with van der Waals surface area (Å²) in [6, 6.07) is 1.60. The van der Waals surface area contributed by atoms with Crippen molar-refractivity contribution >= 4 is 23.5 Å². The fourth-order valence-corrected chi connectivity index (χ4v) is 2.07. The highest BCUT2D eigenvalue weighted by Gasteiger charge is 2.21. The minimum Gasteiger partial charge on any atom is -0.428 e. The SMILES string of the molecule is O=C(/N=c1/ccn(O)c(Cl)c1)N[C@@H]1CCCCNC1=O. The van der Waals surface area contributed by atoms with E-state index in [2.05, 4.69) is 15.6 Å². The fraction of sp³-hybridized carbons (Fsp3) is 0.417. The Bertz CT molecular complexity index is 584. The number of nitrogens with one attached hydrogen (secondary N) is 2. The third kappa shape index (κ3) is 3.74. The maximum Gasteiger partial charge on any atom is 0.342 e. The molecule has 2 heterocycles. The van der Waals surface area contributed by atoms with Gasteiger partial charge in [0.1, 0.15) is 11.2 Å².